The van der Waals surface area contributed by atoms with Gasteiger partial charge in [0, 0.05) is 31.9 Å². The van der Waals surface area contributed by atoms with E-state index in [0.29, 0.717) is 30.8 Å². The molecule has 0 atom stereocenters. The maximum Gasteiger partial charge on any atom is 0.268 e. The summed E-state index contributed by atoms with van der Waals surface area (Å²) in [6, 6.07) is 11.1. The number of fused-ring (bicyclic) bond motifs is 1. The highest BCUT2D eigenvalue weighted by atomic mass is 16.5. The van der Waals surface area contributed by atoms with E-state index in [1.807, 2.05) is 44.2 Å². The lowest BCUT2D eigenvalue weighted by Crippen LogP contribution is -2.25. The molecule has 0 aliphatic rings. The Morgan fingerprint density at radius 1 is 1.19 bits per heavy atom. The van der Waals surface area contributed by atoms with E-state index in [4.69, 9.17) is 4.74 Å². The summed E-state index contributed by atoms with van der Waals surface area (Å²) in [6.45, 7) is 5.36. The minimum absolute atomic E-state index is 0.0821. The Kier molecular flexibility index (Phi) is 5.11. The highest BCUT2D eigenvalue weighted by Gasteiger charge is 2.16. The zero-order valence-corrected chi connectivity index (χ0v) is 15.3. The molecule has 3 rings (SSSR count). The first kappa shape index (κ1) is 17.8. The fourth-order valence-corrected chi connectivity index (χ4v) is 3.05. The van der Waals surface area contributed by atoms with Gasteiger partial charge in [0.2, 0.25) is 0 Å². The van der Waals surface area contributed by atoms with Crippen molar-refractivity contribution in [2.75, 3.05) is 6.61 Å². The summed E-state index contributed by atoms with van der Waals surface area (Å²) < 4.78 is 8.97. The molecule has 0 unspecified atom stereocenters. The predicted octanol–water partition coefficient (Wildman–Crippen LogP) is 2.69. The third kappa shape index (κ3) is 3.22. The fraction of sp³-hybridized carbons (Fsp3) is 0.300. The molecule has 0 radical (unpaired) electrons. The third-order valence-electron chi connectivity index (χ3n) is 4.47. The van der Waals surface area contributed by atoms with Crippen LogP contribution in [-0.2, 0) is 20.1 Å². The number of rotatable bonds is 6. The topological polar surface area (TPSA) is 65.3 Å². The summed E-state index contributed by atoms with van der Waals surface area (Å²) in [5.74, 6) is 0.538. The van der Waals surface area contributed by atoms with Crippen molar-refractivity contribution in [3.05, 3.63) is 64.2 Å². The molecule has 136 valence electrons. The van der Waals surface area contributed by atoms with Gasteiger partial charge in [0.05, 0.1) is 17.5 Å². The van der Waals surface area contributed by atoms with E-state index in [1.165, 1.54) is 0 Å². The minimum Gasteiger partial charge on any atom is -0.494 e. The normalized spacial score (nSPS) is 10.9. The van der Waals surface area contributed by atoms with Crippen molar-refractivity contribution >= 4 is 16.8 Å². The van der Waals surface area contributed by atoms with Crippen LogP contribution in [0.3, 0.4) is 0 Å². The van der Waals surface area contributed by atoms with E-state index >= 15 is 0 Å². The van der Waals surface area contributed by atoms with Gasteiger partial charge in [-0.15, -0.1) is 0 Å². The smallest absolute Gasteiger partial charge is 0.268 e. The summed E-state index contributed by atoms with van der Waals surface area (Å²) >= 11 is 0. The van der Waals surface area contributed by atoms with E-state index < -0.39 is 0 Å². The van der Waals surface area contributed by atoms with E-state index in [9.17, 15) is 9.59 Å². The molecule has 6 heteroatoms. The van der Waals surface area contributed by atoms with Gasteiger partial charge >= 0.3 is 0 Å². The number of aryl methyl sites for hydroxylation is 2. The molecular weight excluding hydrogens is 330 g/mol. The molecule has 0 bridgehead atoms. The monoisotopic (exact) mass is 353 g/mol. The van der Waals surface area contributed by atoms with Crippen LogP contribution in [0.5, 0.6) is 5.75 Å². The summed E-state index contributed by atoms with van der Waals surface area (Å²) in [6.07, 6.45) is 1.75. The maximum absolute atomic E-state index is 12.7. The Labute approximate surface area is 152 Å². The molecule has 2 heterocycles. The number of para-hydroxylation sites is 1. The number of aromatic nitrogens is 2. The molecule has 0 saturated carbocycles. The summed E-state index contributed by atoms with van der Waals surface area (Å²) in [4.78, 5) is 25.1. The summed E-state index contributed by atoms with van der Waals surface area (Å²) in [5.41, 5.74) is 2.04. The number of hydrogen-bond donors (Lipinski definition) is 1. The van der Waals surface area contributed by atoms with Crippen molar-refractivity contribution in [2.24, 2.45) is 7.05 Å². The van der Waals surface area contributed by atoms with Crippen LogP contribution in [0, 0.1) is 0 Å². The van der Waals surface area contributed by atoms with E-state index in [2.05, 4.69) is 5.32 Å². The first-order chi connectivity index (χ1) is 12.6. The van der Waals surface area contributed by atoms with Gasteiger partial charge in [0.15, 0.2) is 0 Å². The van der Waals surface area contributed by atoms with Gasteiger partial charge in [0.25, 0.3) is 11.5 Å². The van der Waals surface area contributed by atoms with Crippen LogP contribution in [0.1, 0.15) is 29.9 Å². The zero-order valence-electron chi connectivity index (χ0n) is 15.3. The van der Waals surface area contributed by atoms with Crippen LogP contribution in [0.2, 0.25) is 0 Å². The van der Waals surface area contributed by atoms with Crippen LogP contribution in [0.15, 0.2) is 47.4 Å². The van der Waals surface area contributed by atoms with Gasteiger partial charge in [-0.05, 0) is 32.0 Å². The van der Waals surface area contributed by atoms with E-state index in [-0.39, 0.29) is 11.5 Å². The van der Waals surface area contributed by atoms with E-state index in [0.717, 1.165) is 16.8 Å². The number of nitrogens with one attached hydrogen (secondary N) is 1. The maximum atomic E-state index is 12.7. The minimum atomic E-state index is -0.225. The number of pyridine rings is 1. The third-order valence-corrected chi connectivity index (χ3v) is 4.47. The Morgan fingerprint density at radius 2 is 1.96 bits per heavy atom. The predicted molar refractivity (Wildman–Crippen MR) is 102 cm³/mol. The molecule has 3 aromatic rings. The molecule has 0 aliphatic heterocycles. The van der Waals surface area contributed by atoms with Crippen molar-refractivity contribution in [3.63, 3.8) is 0 Å². The van der Waals surface area contributed by atoms with Crippen LogP contribution >= 0.6 is 0 Å². The highest BCUT2D eigenvalue weighted by molar-refractivity contribution is 5.98. The second-order valence-electron chi connectivity index (χ2n) is 6.02. The number of nitrogens with zero attached hydrogens (tertiary/aromatic N) is 2. The lowest BCUT2D eigenvalue weighted by atomic mass is 10.2. The second kappa shape index (κ2) is 7.47. The number of ether oxygens (including phenoxy) is 1. The van der Waals surface area contributed by atoms with Crippen molar-refractivity contribution in [1.82, 2.24) is 14.5 Å². The van der Waals surface area contributed by atoms with Crippen LogP contribution in [-0.4, -0.2) is 21.6 Å². The average molecular weight is 353 g/mol. The molecule has 26 heavy (non-hydrogen) atoms. The molecule has 0 fully saturated rings. The van der Waals surface area contributed by atoms with Crippen LogP contribution in [0.4, 0.5) is 0 Å². The first-order valence-corrected chi connectivity index (χ1v) is 8.74. The van der Waals surface area contributed by atoms with Gasteiger partial charge in [-0.2, -0.15) is 0 Å². The number of amides is 1. The molecule has 1 aromatic carbocycles. The number of hydrogen-bond acceptors (Lipinski definition) is 3. The molecule has 2 aromatic heterocycles. The van der Waals surface area contributed by atoms with Gasteiger partial charge in [0.1, 0.15) is 11.4 Å². The largest absolute Gasteiger partial charge is 0.494 e. The summed E-state index contributed by atoms with van der Waals surface area (Å²) in [5, 5.41) is 3.47. The molecule has 6 nitrogen and oxygen atoms in total. The van der Waals surface area contributed by atoms with Gasteiger partial charge < -0.3 is 19.2 Å². The van der Waals surface area contributed by atoms with Crippen molar-refractivity contribution in [3.8, 4) is 5.75 Å². The molecule has 0 spiro atoms. The fourth-order valence-electron chi connectivity index (χ4n) is 3.05. The summed E-state index contributed by atoms with van der Waals surface area (Å²) in [7, 11) is 1.79. The molecule has 1 N–H and O–H groups in total. The number of benzene rings is 1. The molecule has 1 amide bonds. The van der Waals surface area contributed by atoms with E-state index in [1.54, 1.807) is 28.4 Å². The lowest BCUT2D eigenvalue weighted by molar-refractivity contribution is 0.0943. The standard InChI is InChI=1S/C20H23N3O3/c1-4-23-11-10-16-15(20(23)25)12-17(22(16)3)19(24)21-13-14-8-6-7-9-18(14)26-5-2/h6-12H,4-5,13H2,1-3H3,(H,21,24). The number of carbonyl (C=O) groups is 1. The Morgan fingerprint density at radius 3 is 2.69 bits per heavy atom. The van der Waals surface area contributed by atoms with Crippen LogP contribution < -0.4 is 15.6 Å². The Hall–Kier alpha value is -3.02. The second-order valence-corrected chi connectivity index (χ2v) is 6.02. The zero-order chi connectivity index (χ0) is 18.7. The lowest BCUT2D eigenvalue weighted by Gasteiger charge is -2.11. The van der Waals surface area contributed by atoms with Gasteiger partial charge in [-0.1, -0.05) is 18.2 Å². The van der Waals surface area contributed by atoms with Crippen molar-refractivity contribution < 1.29 is 9.53 Å². The average Bonchev–Trinajstić information content (AvgIpc) is 2.99. The number of carbonyl (C=O) groups excluding carboxylic acids is 1. The quantitative estimate of drug-likeness (QED) is 0.741. The van der Waals surface area contributed by atoms with Crippen molar-refractivity contribution in [1.29, 1.82) is 0 Å². The Bertz CT molecular complexity index is 1000. The van der Waals surface area contributed by atoms with Crippen molar-refractivity contribution in [2.45, 2.75) is 26.9 Å². The van der Waals surface area contributed by atoms with Crippen LogP contribution in [0.25, 0.3) is 10.9 Å². The Balaban J connectivity index is 1.86. The molecule has 0 saturated heterocycles. The SMILES string of the molecule is CCOc1ccccc1CNC(=O)c1cc2c(=O)n(CC)ccc2n1C. The highest BCUT2D eigenvalue weighted by Crippen LogP contribution is 2.19. The van der Waals surface area contributed by atoms with Gasteiger partial charge in [-0.25, -0.2) is 0 Å². The van der Waals surface area contributed by atoms with Gasteiger partial charge in [-0.3, -0.25) is 9.59 Å². The molecule has 0 aliphatic carbocycles. The molecular formula is C20H23N3O3. The first-order valence-electron chi connectivity index (χ1n) is 8.74.